The maximum absolute atomic E-state index is 13.1. The summed E-state index contributed by atoms with van der Waals surface area (Å²) in [5, 5.41) is 0. The molecular weight excluding hydrogens is 344 g/mol. The normalized spacial score (nSPS) is 15.0. The predicted octanol–water partition coefficient (Wildman–Crippen LogP) is 3.95. The number of amides is 2. The molecule has 6 nitrogen and oxygen atoms in total. The standard InChI is InChI=1S/C21H26N2O4/c1-15-7-5-8-16(18(15)17-9-6-14-26-17)19(24)22-10-12-23(13-11-22)20(25)27-21(2,3)4/h5-9,14H,10-13H2,1-4H3. The SMILES string of the molecule is Cc1cccc(C(=O)N2CCN(C(=O)OC(C)(C)C)CC2)c1-c1ccco1. The first-order chi connectivity index (χ1) is 12.8. The summed E-state index contributed by atoms with van der Waals surface area (Å²) in [4.78, 5) is 28.8. The molecule has 0 bridgehead atoms. The highest BCUT2D eigenvalue weighted by atomic mass is 16.6. The van der Waals surface area contributed by atoms with Gasteiger partial charge in [0.05, 0.1) is 11.8 Å². The van der Waals surface area contributed by atoms with Gasteiger partial charge in [0.25, 0.3) is 5.91 Å². The molecule has 6 heteroatoms. The van der Waals surface area contributed by atoms with E-state index in [-0.39, 0.29) is 12.0 Å². The molecule has 0 N–H and O–H groups in total. The average molecular weight is 370 g/mol. The lowest BCUT2D eigenvalue weighted by molar-refractivity contribution is 0.0141. The Bertz CT molecular complexity index is 813. The summed E-state index contributed by atoms with van der Waals surface area (Å²) < 4.78 is 10.9. The van der Waals surface area contributed by atoms with E-state index in [9.17, 15) is 9.59 Å². The lowest BCUT2D eigenvalue weighted by Crippen LogP contribution is -2.51. The number of rotatable bonds is 2. The zero-order chi connectivity index (χ0) is 19.6. The van der Waals surface area contributed by atoms with Crippen LogP contribution in [-0.2, 0) is 4.74 Å². The zero-order valence-electron chi connectivity index (χ0n) is 16.3. The van der Waals surface area contributed by atoms with E-state index in [0.29, 0.717) is 37.5 Å². The van der Waals surface area contributed by atoms with Crippen molar-refractivity contribution in [2.24, 2.45) is 0 Å². The van der Waals surface area contributed by atoms with Gasteiger partial charge in [-0.05, 0) is 51.5 Å². The van der Waals surface area contributed by atoms with Crippen LogP contribution in [-0.4, -0.2) is 53.6 Å². The first kappa shape index (κ1) is 19.0. The van der Waals surface area contributed by atoms with Gasteiger partial charge in [0.1, 0.15) is 11.4 Å². The van der Waals surface area contributed by atoms with Gasteiger partial charge in [-0.3, -0.25) is 4.79 Å². The van der Waals surface area contributed by atoms with Crippen LogP contribution in [0, 0.1) is 6.92 Å². The Kier molecular flexibility index (Phi) is 5.26. The highest BCUT2D eigenvalue weighted by Crippen LogP contribution is 2.29. The average Bonchev–Trinajstić information content (AvgIpc) is 3.13. The summed E-state index contributed by atoms with van der Waals surface area (Å²) in [7, 11) is 0. The molecular formula is C21H26N2O4. The number of nitrogens with zero attached hydrogens (tertiary/aromatic N) is 2. The number of benzene rings is 1. The van der Waals surface area contributed by atoms with Gasteiger partial charge in [0, 0.05) is 31.7 Å². The molecule has 0 atom stereocenters. The Hall–Kier alpha value is -2.76. The number of carbonyl (C=O) groups is 2. The van der Waals surface area contributed by atoms with Gasteiger partial charge in [-0.1, -0.05) is 12.1 Å². The van der Waals surface area contributed by atoms with Crippen LogP contribution in [0.4, 0.5) is 4.79 Å². The number of aryl methyl sites for hydroxylation is 1. The molecule has 1 aliphatic rings. The number of carbonyl (C=O) groups excluding carboxylic acids is 2. The third kappa shape index (κ3) is 4.32. The second-order valence-electron chi connectivity index (χ2n) is 7.73. The molecule has 1 fully saturated rings. The molecule has 2 heterocycles. The Morgan fingerprint density at radius 2 is 1.67 bits per heavy atom. The van der Waals surface area contributed by atoms with Crippen molar-refractivity contribution in [2.45, 2.75) is 33.3 Å². The predicted molar refractivity (Wildman–Crippen MR) is 103 cm³/mol. The van der Waals surface area contributed by atoms with Crippen LogP contribution in [0.25, 0.3) is 11.3 Å². The fourth-order valence-corrected chi connectivity index (χ4v) is 3.18. The summed E-state index contributed by atoms with van der Waals surface area (Å²) >= 11 is 0. The van der Waals surface area contributed by atoms with Crippen LogP contribution in [0.2, 0.25) is 0 Å². The smallest absolute Gasteiger partial charge is 0.410 e. The molecule has 2 amide bonds. The first-order valence-electron chi connectivity index (χ1n) is 9.17. The monoisotopic (exact) mass is 370 g/mol. The summed E-state index contributed by atoms with van der Waals surface area (Å²) in [6, 6.07) is 9.35. The van der Waals surface area contributed by atoms with Crippen molar-refractivity contribution in [1.82, 2.24) is 9.80 Å². The number of hydrogen-bond acceptors (Lipinski definition) is 4. The lowest BCUT2D eigenvalue weighted by Gasteiger charge is -2.35. The largest absolute Gasteiger partial charge is 0.464 e. The van der Waals surface area contributed by atoms with Gasteiger partial charge in [0.15, 0.2) is 0 Å². The summed E-state index contributed by atoms with van der Waals surface area (Å²) in [5.41, 5.74) is 1.91. The molecule has 3 rings (SSSR count). The number of furan rings is 1. The molecule has 0 aliphatic carbocycles. The van der Waals surface area contributed by atoms with E-state index in [0.717, 1.165) is 11.1 Å². The second kappa shape index (κ2) is 7.47. The Morgan fingerprint density at radius 3 is 2.26 bits per heavy atom. The minimum atomic E-state index is -0.524. The van der Waals surface area contributed by atoms with Crippen molar-refractivity contribution in [3.8, 4) is 11.3 Å². The Balaban J connectivity index is 1.72. The zero-order valence-corrected chi connectivity index (χ0v) is 16.3. The van der Waals surface area contributed by atoms with Gasteiger partial charge in [-0.15, -0.1) is 0 Å². The maximum atomic E-state index is 13.1. The van der Waals surface area contributed by atoms with Crippen molar-refractivity contribution in [3.05, 3.63) is 47.7 Å². The van der Waals surface area contributed by atoms with Gasteiger partial charge < -0.3 is 19.0 Å². The molecule has 0 spiro atoms. The van der Waals surface area contributed by atoms with E-state index >= 15 is 0 Å². The van der Waals surface area contributed by atoms with Gasteiger partial charge in [-0.2, -0.15) is 0 Å². The first-order valence-corrected chi connectivity index (χ1v) is 9.17. The van der Waals surface area contributed by atoms with Crippen LogP contribution >= 0.6 is 0 Å². The van der Waals surface area contributed by atoms with Crippen molar-refractivity contribution in [1.29, 1.82) is 0 Å². The van der Waals surface area contributed by atoms with E-state index in [4.69, 9.17) is 9.15 Å². The minimum Gasteiger partial charge on any atom is -0.464 e. The quantitative estimate of drug-likeness (QED) is 0.803. The molecule has 1 saturated heterocycles. The van der Waals surface area contributed by atoms with E-state index in [1.54, 1.807) is 16.1 Å². The number of ether oxygens (including phenoxy) is 1. The minimum absolute atomic E-state index is 0.0473. The molecule has 0 unspecified atom stereocenters. The molecule has 2 aromatic rings. The third-order valence-corrected chi connectivity index (χ3v) is 4.49. The summed E-state index contributed by atoms with van der Waals surface area (Å²) in [6.45, 7) is 9.38. The molecule has 1 aromatic carbocycles. The van der Waals surface area contributed by atoms with Crippen molar-refractivity contribution in [2.75, 3.05) is 26.2 Å². The van der Waals surface area contributed by atoms with Crippen molar-refractivity contribution in [3.63, 3.8) is 0 Å². The molecule has 1 aromatic heterocycles. The summed E-state index contributed by atoms with van der Waals surface area (Å²) in [6.07, 6.45) is 1.27. The van der Waals surface area contributed by atoms with E-state index in [2.05, 4.69) is 0 Å². The van der Waals surface area contributed by atoms with E-state index in [1.807, 2.05) is 58.0 Å². The van der Waals surface area contributed by atoms with Crippen molar-refractivity contribution >= 4 is 12.0 Å². The molecule has 0 saturated carbocycles. The van der Waals surface area contributed by atoms with Crippen LogP contribution in [0.1, 0.15) is 36.7 Å². The van der Waals surface area contributed by atoms with Crippen molar-refractivity contribution < 1.29 is 18.7 Å². The highest BCUT2D eigenvalue weighted by Gasteiger charge is 2.29. The third-order valence-electron chi connectivity index (χ3n) is 4.49. The lowest BCUT2D eigenvalue weighted by atomic mass is 9.98. The molecule has 1 aliphatic heterocycles. The number of piperazine rings is 1. The summed E-state index contributed by atoms with van der Waals surface area (Å²) in [5.74, 6) is 0.637. The van der Waals surface area contributed by atoms with E-state index < -0.39 is 5.60 Å². The second-order valence-corrected chi connectivity index (χ2v) is 7.73. The molecule has 0 radical (unpaired) electrons. The number of hydrogen-bond donors (Lipinski definition) is 0. The Morgan fingerprint density at radius 1 is 1.00 bits per heavy atom. The molecule has 144 valence electrons. The maximum Gasteiger partial charge on any atom is 0.410 e. The Labute approximate surface area is 159 Å². The fourth-order valence-electron chi connectivity index (χ4n) is 3.18. The molecule has 27 heavy (non-hydrogen) atoms. The van der Waals surface area contributed by atoms with Gasteiger partial charge in [-0.25, -0.2) is 4.79 Å². The van der Waals surface area contributed by atoms with Gasteiger partial charge in [0.2, 0.25) is 0 Å². The van der Waals surface area contributed by atoms with E-state index in [1.165, 1.54) is 0 Å². The van der Waals surface area contributed by atoms with Crippen LogP contribution in [0.15, 0.2) is 41.0 Å². The van der Waals surface area contributed by atoms with Gasteiger partial charge >= 0.3 is 6.09 Å². The topological polar surface area (TPSA) is 63.0 Å². The van der Waals surface area contributed by atoms with Crippen LogP contribution in [0.3, 0.4) is 0 Å². The van der Waals surface area contributed by atoms with Crippen LogP contribution < -0.4 is 0 Å². The fraction of sp³-hybridized carbons (Fsp3) is 0.429. The van der Waals surface area contributed by atoms with Crippen LogP contribution in [0.5, 0.6) is 0 Å². The highest BCUT2D eigenvalue weighted by molar-refractivity contribution is 6.01.